The highest BCUT2D eigenvalue weighted by atomic mass is 16.5. The molecule has 0 saturated heterocycles. The van der Waals surface area contributed by atoms with Crippen LogP contribution in [0.15, 0.2) is 18.2 Å². The van der Waals surface area contributed by atoms with E-state index >= 15 is 0 Å². The van der Waals surface area contributed by atoms with E-state index in [1.807, 2.05) is 18.2 Å². The second-order valence-corrected chi connectivity index (χ2v) is 4.40. The predicted octanol–water partition coefficient (Wildman–Crippen LogP) is 2.07. The Hall–Kier alpha value is -1.50. The van der Waals surface area contributed by atoms with Crippen LogP contribution >= 0.6 is 0 Å². The fourth-order valence-electron chi connectivity index (χ4n) is 1.84. The van der Waals surface area contributed by atoms with Crippen molar-refractivity contribution in [3.05, 3.63) is 29.3 Å². The molecular formula is C15H19NO2. The lowest BCUT2D eigenvalue weighted by Crippen LogP contribution is -2.21. The summed E-state index contributed by atoms with van der Waals surface area (Å²) in [4.78, 5) is 0. The van der Waals surface area contributed by atoms with Crippen molar-refractivity contribution in [3.8, 4) is 17.6 Å². The fourth-order valence-corrected chi connectivity index (χ4v) is 1.84. The molecule has 0 radical (unpaired) electrons. The molecule has 2 rings (SSSR count). The highest BCUT2D eigenvalue weighted by Crippen LogP contribution is 2.24. The van der Waals surface area contributed by atoms with Crippen molar-refractivity contribution in [3.63, 3.8) is 0 Å². The van der Waals surface area contributed by atoms with Gasteiger partial charge in [0.15, 0.2) is 0 Å². The molecular weight excluding hydrogens is 226 g/mol. The average Bonchev–Trinajstić information content (AvgIpc) is 2.34. The van der Waals surface area contributed by atoms with Gasteiger partial charge in [0.1, 0.15) is 5.75 Å². The van der Waals surface area contributed by atoms with E-state index in [2.05, 4.69) is 11.8 Å². The van der Waals surface area contributed by atoms with Gasteiger partial charge >= 0.3 is 0 Å². The molecule has 3 nitrogen and oxygen atoms in total. The van der Waals surface area contributed by atoms with E-state index in [1.54, 1.807) is 7.11 Å². The van der Waals surface area contributed by atoms with Gasteiger partial charge in [-0.05, 0) is 37.0 Å². The Kier molecular flexibility index (Phi) is 4.63. The number of nitrogens with two attached hydrogens (primary N) is 1. The van der Waals surface area contributed by atoms with Crippen LogP contribution in [0.2, 0.25) is 0 Å². The Bertz CT molecular complexity index is 455. The monoisotopic (exact) mass is 245 g/mol. The largest absolute Gasteiger partial charge is 0.495 e. The van der Waals surface area contributed by atoms with Crippen molar-refractivity contribution in [1.82, 2.24) is 0 Å². The molecule has 1 fully saturated rings. The number of methoxy groups -OCH3 is 1. The van der Waals surface area contributed by atoms with Crippen LogP contribution in [0.1, 0.15) is 30.4 Å². The third-order valence-electron chi connectivity index (χ3n) is 3.13. The minimum absolute atomic E-state index is 0.353. The minimum Gasteiger partial charge on any atom is -0.495 e. The zero-order valence-corrected chi connectivity index (χ0v) is 10.7. The summed E-state index contributed by atoms with van der Waals surface area (Å²) in [6.07, 6.45) is 4.12. The lowest BCUT2D eigenvalue weighted by molar-refractivity contribution is -0.00867. The second kappa shape index (κ2) is 6.44. The maximum atomic E-state index is 5.78. The van der Waals surface area contributed by atoms with Crippen LogP contribution in [0.5, 0.6) is 5.75 Å². The van der Waals surface area contributed by atoms with Crippen LogP contribution in [-0.2, 0) is 11.3 Å². The molecule has 0 unspecified atom stereocenters. The standard InChI is InChI=1S/C15H19NO2/c1-17-15-8-7-12(10-13(15)4-3-9-16)11-18-14-5-2-6-14/h7-8,10,14H,2,5-6,9,11,16H2,1H3. The van der Waals surface area contributed by atoms with Crippen LogP contribution in [-0.4, -0.2) is 19.8 Å². The van der Waals surface area contributed by atoms with E-state index in [9.17, 15) is 0 Å². The van der Waals surface area contributed by atoms with E-state index in [1.165, 1.54) is 19.3 Å². The van der Waals surface area contributed by atoms with Gasteiger partial charge in [-0.2, -0.15) is 0 Å². The summed E-state index contributed by atoms with van der Waals surface area (Å²) in [7, 11) is 1.65. The topological polar surface area (TPSA) is 44.5 Å². The van der Waals surface area contributed by atoms with E-state index in [-0.39, 0.29) is 0 Å². The van der Waals surface area contributed by atoms with E-state index in [4.69, 9.17) is 15.2 Å². The maximum absolute atomic E-state index is 5.78. The number of hydrogen-bond donors (Lipinski definition) is 1. The van der Waals surface area contributed by atoms with Crippen molar-refractivity contribution in [1.29, 1.82) is 0 Å². The van der Waals surface area contributed by atoms with E-state index < -0.39 is 0 Å². The summed E-state index contributed by atoms with van der Waals surface area (Å²) in [5.41, 5.74) is 7.39. The van der Waals surface area contributed by atoms with Gasteiger partial charge in [-0.1, -0.05) is 17.9 Å². The van der Waals surface area contributed by atoms with Crippen molar-refractivity contribution < 1.29 is 9.47 Å². The average molecular weight is 245 g/mol. The first kappa shape index (κ1) is 12.9. The van der Waals surface area contributed by atoms with Crippen molar-refractivity contribution in [2.24, 2.45) is 5.73 Å². The molecule has 1 aliphatic rings. The van der Waals surface area contributed by atoms with Crippen molar-refractivity contribution in [2.45, 2.75) is 32.0 Å². The molecule has 0 amide bonds. The molecule has 18 heavy (non-hydrogen) atoms. The molecule has 1 aromatic rings. The van der Waals surface area contributed by atoms with Gasteiger partial charge in [0.25, 0.3) is 0 Å². The molecule has 0 heterocycles. The summed E-state index contributed by atoms with van der Waals surface area (Å²) in [5, 5.41) is 0. The van der Waals surface area contributed by atoms with Crippen LogP contribution in [0, 0.1) is 11.8 Å². The zero-order chi connectivity index (χ0) is 12.8. The molecule has 0 aromatic heterocycles. The van der Waals surface area contributed by atoms with Gasteiger partial charge in [0, 0.05) is 0 Å². The van der Waals surface area contributed by atoms with Crippen LogP contribution in [0.3, 0.4) is 0 Å². The Morgan fingerprint density at radius 1 is 1.39 bits per heavy atom. The smallest absolute Gasteiger partial charge is 0.134 e. The first-order valence-electron chi connectivity index (χ1n) is 6.31. The summed E-state index contributed by atoms with van der Waals surface area (Å²) in [6, 6.07) is 5.96. The number of ether oxygens (including phenoxy) is 2. The quantitative estimate of drug-likeness (QED) is 0.826. The van der Waals surface area contributed by atoms with Gasteiger partial charge in [0.05, 0.1) is 31.9 Å². The lowest BCUT2D eigenvalue weighted by Gasteiger charge is -2.25. The minimum atomic E-state index is 0.353. The second-order valence-electron chi connectivity index (χ2n) is 4.40. The Labute approximate surface area is 108 Å². The van der Waals surface area contributed by atoms with E-state index in [0.717, 1.165) is 16.9 Å². The van der Waals surface area contributed by atoms with Crippen LogP contribution < -0.4 is 10.5 Å². The third-order valence-corrected chi connectivity index (χ3v) is 3.13. The highest BCUT2D eigenvalue weighted by Gasteiger charge is 2.17. The number of benzene rings is 1. The number of hydrogen-bond acceptors (Lipinski definition) is 3. The van der Waals surface area contributed by atoms with Crippen molar-refractivity contribution in [2.75, 3.05) is 13.7 Å². The molecule has 3 heteroatoms. The molecule has 0 spiro atoms. The molecule has 0 aliphatic heterocycles. The Morgan fingerprint density at radius 2 is 2.22 bits per heavy atom. The summed E-state index contributed by atoms with van der Waals surface area (Å²) in [6.45, 7) is 0.998. The van der Waals surface area contributed by atoms with Crippen molar-refractivity contribution >= 4 is 0 Å². The SMILES string of the molecule is COc1ccc(COC2CCC2)cc1C#CCN. The normalized spacial score (nSPS) is 14.6. The Balaban J connectivity index is 2.06. The first-order valence-corrected chi connectivity index (χ1v) is 6.31. The Morgan fingerprint density at radius 3 is 2.83 bits per heavy atom. The maximum Gasteiger partial charge on any atom is 0.134 e. The molecule has 0 bridgehead atoms. The molecule has 1 aliphatic carbocycles. The first-order chi connectivity index (χ1) is 8.83. The van der Waals surface area contributed by atoms with E-state index in [0.29, 0.717) is 19.3 Å². The van der Waals surface area contributed by atoms with Gasteiger partial charge in [-0.25, -0.2) is 0 Å². The van der Waals surface area contributed by atoms with Gasteiger partial charge in [-0.15, -0.1) is 0 Å². The fraction of sp³-hybridized carbons (Fsp3) is 0.467. The van der Waals surface area contributed by atoms with Crippen LogP contribution in [0.25, 0.3) is 0 Å². The molecule has 2 N–H and O–H groups in total. The predicted molar refractivity (Wildman–Crippen MR) is 71.4 cm³/mol. The molecule has 1 saturated carbocycles. The van der Waals surface area contributed by atoms with Gasteiger partial charge in [-0.3, -0.25) is 0 Å². The lowest BCUT2D eigenvalue weighted by atomic mass is 9.96. The molecule has 96 valence electrons. The molecule has 0 atom stereocenters. The number of rotatable bonds is 4. The highest BCUT2D eigenvalue weighted by molar-refractivity contribution is 5.48. The summed E-state index contributed by atoms with van der Waals surface area (Å²) < 4.78 is 11.1. The molecule has 1 aromatic carbocycles. The summed E-state index contributed by atoms with van der Waals surface area (Å²) in [5.74, 6) is 6.66. The van der Waals surface area contributed by atoms with Gasteiger partial charge in [0.2, 0.25) is 0 Å². The van der Waals surface area contributed by atoms with Gasteiger partial charge < -0.3 is 15.2 Å². The zero-order valence-electron chi connectivity index (χ0n) is 10.7. The third kappa shape index (κ3) is 3.25. The van der Waals surface area contributed by atoms with Crippen LogP contribution in [0.4, 0.5) is 0 Å². The summed E-state index contributed by atoms with van der Waals surface area (Å²) >= 11 is 0.